The summed E-state index contributed by atoms with van der Waals surface area (Å²) in [4.78, 5) is 4.52. The first-order valence-electron chi connectivity index (χ1n) is 9.11. The van der Waals surface area contributed by atoms with Crippen molar-refractivity contribution in [3.8, 4) is 11.4 Å². The maximum Gasteiger partial charge on any atom is 0.239 e. The Hall–Kier alpha value is -2.15. The normalized spacial score (nSPS) is 12.5. The lowest BCUT2D eigenvalue weighted by atomic mass is 10.1. The van der Waals surface area contributed by atoms with Crippen molar-refractivity contribution in [2.75, 3.05) is 0 Å². The summed E-state index contributed by atoms with van der Waals surface area (Å²) >= 11 is 1.60. The lowest BCUT2D eigenvalue weighted by molar-refractivity contribution is 0.374. The Kier molecular flexibility index (Phi) is 6.08. The highest BCUT2D eigenvalue weighted by Crippen LogP contribution is 2.34. The summed E-state index contributed by atoms with van der Waals surface area (Å²) in [6, 6.07) is 8.33. The smallest absolute Gasteiger partial charge is 0.239 e. The van der Waals surface area contributed by atoms with Gasteiger partial charge in [0.15, 0.2) is 16.8 Å². The van der Waals surface area contributed by atoms with Gasteiger partial charge in [-0.1, -0.05) is 54.0 Å². The van der Waals surface area contributed by atoms with E-state index in [-0.39, 0.29) is 5.25 Å². The molecule has 0 fully saturated rings. The van der Waals surface area contributed by atoms with Crippen LogP contribution in [0.2, 0.25) is 0 Å². The topological polar surface area (TPSA) is 69.6 Å². The Morgan fingerprint density at radius 2 is 2.08 bits per heavy atom. The monoisotopic (exact) mass is 371 g/mol. The Labute approximate surface area is 158 Å². The van der Waals surface area contributed by atoms with Crippen LogP contribution in [0.4, 0.5) is 0 Å². The van der Waals surface area contributed by atoms with E-state index in [1.165, 1.54) is 5.56 Å². The summed E-state index contributed by atoms with van der Waals surface area (Å²) < 4.78 is 7.57. The molecule has 0 aliphatic rings. The van der Waals surface area contributed by atoms with Gasteiger partial charge in [0.1, 0.15) is 0 Å². The highest BCUT2D eigenvalue weighted by Gasteiger charge is 2.20. The van der Waals surface area contributed by atoms with Crippen LogP contribution in [0.25, 0.3) is 11.4 Å². The van der Waals surface area contributed by atoms with E-state index in [1.807, 2.05) is 6.07 Å². The van der Waals surface area contributed by atoms with Crippen LogP contribution in [0, 0.1) is 6.92 Å². The molecule has 0 bridgehead atoms. The highest BCUT2D eigenvalue weighted by atomic mass is 32.2. The lowest BCUT2D eigenvalue weighted by Gasteiger charge is -2.09. The summed E-state index contributed by atoms with van der Waals surface area (Å²) in [7, 11) is 0. The SMILES string of the molecule is CCCCc1noc(C(C)Sc2nnc(-c3cccc(C)c3)n2CC)n1. The van der Waals surface area contributed by atoms with Crippen molar-refractivity contribution in [2.24, 2.45) is 0 Å². The average molecular weight is 372 g/mol. The van der Waals surface area contributed by atoms with Crippen molar-refractivity contribution in [1.29, 1.82) is 0 Å². The van der Waals surface area contributed by atoms with Gasteiger partial charge < -0.3 is 9.09 Å². The number of thioether (sulfide) groups is 1. The van der Waals surface area contributed by atoms with E-state index in [1.54, 1.807) is 11.8 Å². The van der Waals surface area contributed by atoms with Gasteiger partial charge in [0.25, 0.3) is 0 Å². The van der Waals surface area contributed by atoms with E-state index in [0.29, 0.717) is 5.89 Å². The molecule has 1 atom stereocenters. The van der Waals surface area contributed by atoms with Crippen LogP contribution in [0.1, 0.15) is 56.1 Å². The summed E-state index contributed by atoms with van der Waals surface area (Å²) in [5, 5.41) is 13.8. The molecule has 3 aromatic rings. The molecule has 0 aliphatic heterocycles. The molecule has 0 radical (unpaired) electrons. The first kappa shape index (κ1) is 18.6. The van der Waals surface area contributed by atoms with E-state index >= 15 is 0 Å². The number of hydrogen-bond donors (Lipinski definition) is 0. The maximum absolute atomic E-state index is 5.44. The zero-order chi connectivity index (χ0) is 18.5. The fourth-order valence-corrected chi connectivity index (χ4v) is 3.68. The number of rotatable bonds is 8. The summed E-state index contributed by atoms with van der Waals surface area (Å²) in [5.74, 6) is 2.32. The number of nitrogens with zero attached hydrogens (tertiary/aromatic N) is 5. The van der Waals surface area contributed by atoms with Gasteiger partial charge in [-0.3, -0.25) is 0 Å². The molecule has 0 spiro atoms. The molecule has 7 heteroatoms. The maximum atomic E-state index is 5.44. The minimum absolute atomic E-state index is 0.0257. The quantitative estimate of drug-likeness (QED) is 0.527. The van der Waals surface area contributed by atoms with Crippen molar-refractivity contribution >= 4 is 11.8 Å². The molecule has 138 valence electrons. The molecule has 1 aromatic carbocycles. The van der Waals surface area contributed by atoms with Crippen LogP contribution in [0.3, 0.4) is 0 Å². The highest BCUT2D eigenvalue weighted by molar-refractivity contribution is 7.99. The first-order chi connectivity index (χ1) is 12.6. The second kappa shape index (κ2) is 8.49. The van der Waals surface area contributed by atoms with Crippen molar-refractivity contribution in [3.63, 3.8) is 0 Å². The van der Waals surface area contributed by atoms with Gasteiger partial charge in [-0.15, -0.1) is 10.2 Å². The lowest BCUT2D eigenvalue weighted by Crippen LogP contribution is -2.01. The van der Waals surface area contributed by atoms with Crippen molar-refractivity contribution in [2.45, 2.75) is 63.9 Å². The Morgan fingerprint density at radius 3 is 2.81 bits per heavy atom. The van der Waals surface area contributed by atoms with E-state index in [2.05, 4.69) is 70.8 Å². The molecule has 6 nitrogen and oxygen atoms in total. The molecule has 0 saturated carbocycles. The Morgan fingerprint density at radius 1 is 1.23 bits per heavy atom. The molecule has 2 heterocycles. The summed E-state index contributed by atoms with van der Waals surface area (Å²) in [6.45, 7) is 9.20. The molecule has 0 amide bonds. The number of aromatic nitrogens is 5. The zero-order valence-electron chi connectivity index (χ0n) is 15.8. The van der Waals surface area contributed by atoms with Crippen molar-refractivity contribution in [1.82, 2.24) is 24.9 Å². The molecule has 0 aliphatic carbocycles. The first-order valence-corrected chi connectivity index (χ1v) is 9.99. The second-order valence-corrected chi connectivity index (χ2v) is 7.64. The van der Waals surface area contributed by atoms with Gasteiger partial charge in [-0.2, -0.15) is 4.98 Å². The largest absolute Gasteiger partial charge is 0.338 e. The van der Waals surface area contributed by atoms with Crippen molar-refractivity contribution < 1.29 is 4.52 Å². The van der Waals surface area contributed by atoms with Gasteiger partial charge >= 0.3 is 0 Å². The molecule has 3 rings (SSSR count). The summed E-state index contributed by atoms with van der Waals surface area (Å²) in [6.07, 6.45) is 3.06. The minimum atomic E-state index is 0.0257. The number of unbranched alkanes of at least 4 members (excludes halogenated alkanes) is 1. The van der Waals surface area contributed by atoms with Crippen LogP contribution < -0.4 is 0 Å². The fraction of sp³-hybridized carbons (Fsp3) is 0.474. The number of aryl methyl sites for hydroxylation is 2. The molecule has 1 unspecified atom stereocenters. The Balaban J connectivity index is 1.78. The molecule has 2 aromatic heterocycles. The third-order valence-corrected chi connectivity index (χ3v) is 5.25. The van der Waals surface area contributed by atoms with Crippen LogP contribution in [0.15, 0.2) is 33.9 Å². The second-order valence-electron chi connectivity index (χ2n) is 6.33. The minimum Gasteiger partial charge on any atom is -0.338 e. The van der Waals surface area contributed by atoms with E-state index < -0.39 is 0 Å². The van der Waals surface area contributed by atoms with Crippen LogP contribution in [0.5, 0.6) is 0 Å². The number of hydrogen-bond acceptors (Lipinski definition) is 6. The molecule has 0 saturated heterocycles. The molecule has 0 N–H and O–H groups in total. The molecular weight excluding hydrogens is 346 g/mol. The third kappa shape index (κ3) is 4.15. The van der Waals surface area contributed by atoms with Crippen LogP contribution >= 0.6 is 11.8 Å². The van der Waals surface area contributed by atoms with Gasteiger partial charge in [-0.05, 0) is 33.3 Å². The van der Waals surface area contributed by atoms with Crippen LogP contribution in [-0.4, -0.2) is 24.9 Å². The van der Waals surface area contributed by atoms with E-state index in [9.17, 15) is 0 Å². The third-order valence-electron chi connectivity index (χ3n) is 4.18. The zero-order valence-corrected chi connectivity index (χ0v) is 16.6. The summed E-state index contributed by atoms with van der Waals surface area (Å²) in [5.41, 5.74) is 2.29. The predicted molar refractivity (Wildman–Crippen MR) is 103 cm³/mol. The van der Waals surface area contributed by atoms with Gasteiger partial charge in [0, 0.05) is 18.5 Å². The number of benzene rings is 1. The average Bonchev–Trinajstić information content (AvgIpc) is 3.26. The standard InChI is InChI=1S/C19H25N5OS/c1-5-7-11-16-20-18(25-23-16)14(4)26-19-22-21-17(24(19)6-2)15-10-8-9-13(3)12-15/h8-10,12,14H,5-7,11H2,1-4H3. The molecular formula is C19H25N5OS. The fourth-order valence-electron chi connectivity index (χ4n) is 2.74. The molecule has 26 heavy (non-hydrogen) atoms. The van der Waals surface area contributed by atoms with Gasteiger partial charge in [0.2, 0.25) is 5.89 Å². The van der Waals surface area contributed by atoms with Gasteiger partial charge in [0.05, 0.1) is 5.25 Å². The van der Waals surface area contributed by atoms with E-state index in [4.69, 9.17) is 4.52 Å². The Bertz CT molecular complexity index is 857. The predicted octanol–water partition coefficient (Wildman–Crippen LogP) is 4.85. The van der Waals surface area contributed by atoms with Crippen molar-refractivity contribution in [3.05, 3.63) is 41.5 Å². The van der Waals surface area contributed by atoms with Gasteiger partial charge in [-0.25, -0.2) is 0 Å². The van der Waals surface area contributed by atoms with Crippen LogP contribution in [-0.2, 0) is 13.0 Å². The van der Waals surface area contributed by atoms with E-state index in [0.717, 1.165) is 48.2 Å².